The van der Waals surface area contributed by atoms with Gasteiger partial charge >= 0.3 is 0 Å². The molecule has 3 rings (SSSR count). The first kappa shape index (κ1) is 20.4. The Morgan fingerprint density at radius 3 is 2.62 bits per heavy atom. The molecule has 152 valence electrons. The summed E-state index contributed by atoms with van der Waals surface area (Å²) < 4.78 is 10.7. The van der Waals surface area contributed by atoms with Crippen molar-refractivity contribution in [1.29, 1.82) is 0 Å². The number of carbonyl (C=O) groups excluding carboxylic acids is 2. The first-order valence-corrected chi connectivity index (χ1v) is 9.53. The maximum Gasteiger partial charge on any atom is 0.243 e. The highest BCUT2D eigenvalue weighted by Crippen LogP contribution is 2.29. The number of methoxy groups -OCH3 is 2. The summed E-state index contributed by atoms with van der Waals surface area (Å²) in [6, 6.07) is 13.1. The molecule has 0 spiro atoms. The molecule has 0 aromatic heterocycles. The molecule has 0 unspecified atom stereocenters. The monoisotopic (exact) mass is 395 g/mol. The lowest BCUT2D eigenvalue weighted by molar-refractivity contribution is -0.132. The van der Waals surface area contributed by atoms with Crippen LogP contribution < -0.4 is 14.8 Å². The van der Waals surface area contributed by atoms with Crippen LogP contribution in [0.1, 0.15) is 37.3 Å². The number of hydrazone groups is 1. The quantitative estimate of drug-likeness (QED) is 0.777. The highest BCUT2D eigenvalue weighted by atomic mass is 16.5. The van der Waals surface area contributed by atoms with E-state index in [-0.39, 0.29) is 11.8 Å². The largest absolute Gasteiger partial charge is 0.493 e. The molecule has 0 saturated carbocycles. The zero-order valence-electron chi connectivity index (χ0n) is 16.9. The molecule has 1 aliphatic rings. The Morgan fingerprint density at radius 1 is 1.10 bits per heavy atom. The molecule has 7 heteroatoms. The minimum Gasteiger partial charge on any atom is -0.493 e. The average molecular weight is 395 g/mol. The number of ether oxygens (including phenoxy) is 2. The normalized spacial score (nSPS) is 13.7. The molecule has 1 N–H and O–H groups in total. The minimum atomic E-state index is -0.0510. The van der Waals surface area contributed by atoms with Gasteiger partial charge in [-0.2, -0.15) is 5.10 Å². The van der Waals surface area contributed by atoms with Crippen LogP contribution in [0.2, 0.25) is 0 Å². The molecule has 1 aliphatic heterocycles. The van der Waals surface area contributed by atoms with Crippen molar-refractivity contribution >= 4 is 23.2 Å². The summed E-state index contributed by atoms with van der Waals surface area (Å²) in [6.45, 7) is 2.14. The van der Waals surface area contributed by atoms with Gasteiger partial charge in [-0.25, -0.2) is 5.01 Å². The van der Waals surface area contributed by atoms with Gasteiger partial charge in [-0.05, 0) is 35.9 Å². The molecule has 2 amide bonds. The van der Waals surface area contributed by atoms with Gasteiger partial charge in [-0.3, -0.25) is 9.59 Å². The number of carbonyl (C=O) groups is 2. The van der Waals surface area contributed by atoms with E-state index >= 15 is 0 Å². The van der Waals surface area contributed by atoms with Crippen LogP contribution in [-0.4, -0.2) is 36.8 Å². The smallest absolute Gasteiger partial charge is 0.243 e. The highest BCUT2D eigenvalue weighted by Gasteiger charge is 2.22. The number of anilines is 1. The molecule has 0 saturated heterocycles. The van der Waals surface area contributed by atoms with Gasteiger partial charge in [0.15, 0.2) is 11.5 Å². The predicted molar refractivity (Wildman–Crippen MR) is 111 cm³/mol. The van der Waals surface area contributed by atoms with Gasteiger partial charge in [0.25, 0.3) is 0 Å². The van der Waals surface area contributed by atoms with Crippen molar-refractivity contribution in [3.63, 3.8) is 0 Å². The summed E-state index contributed by atoms with van der Waals surface area (Å²) in [4.78, 5) is 24.0. The summed E-state index contributed by atoms with van der Waals surface area (Å²) in [5.41, 5.74) is 3.32. The van der Waals surface area contributed by atoms with Crippen molar-refractivity contribution in [3.05, 3.63) is 53.6 Å². The number of rotatable bonds is 7. The van der Waals surface area contributed by atoms with Crippen LogP contribution in [0, 0.1) is 0 Å². The SMILES string of the molecule is CCC(=O)Nc1cccc(CN2N=C(c3ccc(OC)c(OC)c3)CCC2=O)c1. The van der Waals surface area contributed by atoms with Crippen molar-refractivity contribution in [1.82, 2.24) is 5.01 Å². The molecule has 1 heterocycles. The molecule has 29 heavy (non-hydrogen) atoms. The fourth-order valence-electron chi connectivity index (χ4n) is 3.12. The van der Waals surface area contributed by atoms with E-state index in [2.05, 4.69) is 10.4 Å². The molecule has 2 aromatic rings. The number of hydrogen-bond donors (Lipinski definition) is 1. The molecular formula is C22H25N3O4. The third kappa shape index (κ3) is 4.93. The number of nitrogens with zero attached hydrogens (tertiary/aromatic N) is 2. The number of nitrogens with one attached hydrogen (secondary N) is 1. The third-order valence-electron chi connectivity index (χ3n) is 4.69. The van der Waals surface area contributed by atoms with Crippen molar-refractivity contribution < 1.29 is 19.1 Å². The molecule has 0 fully saturated rings. The first-order valence-electron chi connectivity index (χ1n) is 9.53. The molecule has 0 aliphatic carbocycles. The second kappa shape index (κ2) is 9.23. The van der Waals surface area contributed by atoms with Gasteiger partial charge in [0.2, 0.25) is 11.8 Å². The van der Waals surface area contributed by atoms with E-state index in [1.165, 1.54) is 5.01 Å². The van der Waals surface area contributed by atoms with Crippen LogP contribution in [0.3, 0.4) is 0 Å². The van der Waals surface area contributed by atoms with Crippen LogP contribution in [0.4, 0.5) is 5.69 Å². The fourth-order valence-corrected chi connectivity index (χ4v) is 3.12. The Morgan fingerprint density at radius 2 is 1.90 bits per heavy atom. The van der Waals surface area contributed by atoms with Crippen LogP contribution in [-0.2, 0) is 16.1 Å². The zero-order chi connectivity index (χ0) is 20.8. The zero-order valence-corrected chi connectivity index (χ0v) is 16.9. The van der Waals surface area contributed by atoms with E-state index in [9.17, 15) is 9.59 Å². The minimum absolute atomic E-state index is 0.0303. The topological polar surface area (TPSA) is 80.2 Å². The fraction of sp³-hybridized carbons (Fsp3) is 0.318. The predicted octanol–water partition coefficient (Wildman–Crippen LogP) is 3.58. The van der Waals surface area contributed by atoms with Crippen LogP contribution in [0.25, 0.3) is 0 Å². The molecule has 0 bridgehead atoms. The van der Waals surface area contributed by atoms with Gasteiger partial charge in [0.1, 0.15) is 0 Å². The summed E-state index contributed by atoms with van der Waals surface area (Å²) in [5, 5.41) is 8.90. The third-order valence-corrected chi connectivity index (χ3v) is 4.69. The summed E-state index contributed by atoms with van der Waals surface area (Å²) >= 11 is 0. The maximum atomic E-state index is 12.4. The van der Waals surface area contributed by atoms with E-state index in [1.54, 1.807) is 21.1 Å². The van der Waals surface area contributed by atoms with E-state index in [4.69, 9.17) is 9.47 Å². The number of benzene rings is 2. The van der Waals surface area contributed by atoms with E-state index in [0.29, 0.717) is 43.0 Å². The van der Waals surface area contributed by atoms with E-state index in [1.807, 2.05) is 42.5 Å². The lowest BCUT2D eigenvalue weighted by atomic mass is 10.0. The van der Waals surface area contributed by atoms with Crippen molar-refractivity contribution in [2.75, 3.05) is 19.5 Å². The highest BCUT2D eigenvalue weighted by molar-refractivity contribution is 6.04. The van der Waals surface area contributed by atoms with E-state index < -0.39 is 0 Å². The Balaban J connectivity index is 1.82. The van der Waals surface area contributed by atoms with Crippen LogP contribution in [0.5, 0.6) is 11.5 Å². The van der Waals surface area contributed by atoms with Gasteiger partial charge in [-0.15, -0.1) is 0 Å². The van der Waals surface area contributed by atoms with Gasteiger partial charge in [-0.1, -0.05) is 19.1 Å². The van der Waals surface area contributed by atoms with Crippen molar-refractivity contribution in [3.8, 4) is 11.5 Å². The van der Waals surface area contributed by atoms with E-state index in [0.717, 1.165) is 16.8 Å². The maximum absolute atomic E-state index is 12.4. The van der Waals surface area contributed by atoms with Crippen molar-refractivity contribution in [2.45, 2.75) is 32.7 Å². The Bertz CT molecular complexity index is 939. The second-order valence-corrected chi connectivity index (χ2v) is 6.67. The van der Waals surface area contributed by atoms with Gasteiger partial charge < -0.3 is 14.8 Å². The van der Waals surface area contributed by atoms with Crippen molar-refractivity contribution in [2.24, 2.45) is 5.10 Å². The summed E-state index contributed by atoms with van der Waals surface area (Å²) in [6.07, 6.45) is 1.37. The standard InChI is InChI=1S/C22H25N3O4/c1-4-21(26)23-17-7-5-6-15(12-17)14-25-22(27)11-9-18(24-25)16-8-10-19(28-2)20(13-16)29-3/h5-8,10,12-13H,4,9,11,14H2,1-3H3,(H,23,26). The number of amides is 2. The Labute approximate surface area is 170 Å². The molecule has 0 radical (unpaired) electrons. The summed E-state index contributed by atoms with van der Waals surface area (Å²) in [7, 11) is 3.18. The Hall–Kier alpha value is -3.35. The molecular weight excluding hydrogens is 370 g/mol. The first-order chi connectivity index (χ1) is 14.0. The van der Waals surface area contributed by atoms with Gasteiger partial charge in [0.05, 0.1) is 26.5 Å². The van der Waals surface area contributed by atoms with Crippen LogP contribution >= 0.6 is 0 Å². The van der Waals surface area contributed by atoms with Gasteiger partial charge in [0, 0.05) is 30.5 Å². The molecule has 2 aromatic carbocycles. The second-order valence-electron chi connectivity index (χ2n) is 6.67. The lowest BCUT2D eigenvalue weighted by Gasteiger charge is -2.24. The lowest BCUT2D eigenvalue weighted by Crippen LogP contribution is -2.31. The summed E-state index contributed by atoms with van der Waals surface area (Å²) in [5.74, 6) is 1.18. The average Bonchev–Trinajstić information content (AvgIpc) is 2.75. The molecule has 7 nitrogen and oxygen atoms in total. The molecule has 0 atom stereocenters. The van der Waals surface area contributed by atoms with Crippen LogP contribution in [0.15, 0.2) is 47.6 Å². The number of hydrogen-bond acceptors (Lipinski definition) is 5. The Kier molecular flexibility index (Phi) is 6.49.